The first kappa shape index (κ1) is 18.9. The van der Waals surface area contributed by atoms with Crippen LogP contribution in [0.15, 0.2) is 41.8 Å². The quantitative estimate of drug-likeness (QED) is 0.489. The van der Waals surface area contributed by atoms with Gasteiger partial charge < -0.3 is 10.6 Å². The highest BCUT2D eigenvalue weighted by Gasteiger charge is 2.13. The summed E-state index contributed by atoms with van der Waals surface area (Å²) in [6.45, 7) is 5.88. The Labute approximate surface area is 156 Å². The first-order valence-corrected chi connectivity index (χ1v) is 8.87. The topological polar surface area (TPSA) is 82.3 Å². The van der Waals surface area contributed by atoms with Crippen LogP contribution in [0.5, 0.6) is 0 Å². The van der Waals surface area contributed by atoms with E-state index in [0.717, 1.165) is 0 Å². The highest BCUT2D eigenvalue weighted by molar-refractivity contribution is 7.80. The van der Waals surface area contributed by atoms with Crippen LogP contribution in [0, 0.1) is 0 Å². The van der Waals surface area contributed by atoms with E-state index in [-0.39, 0.29) is 17.4 Å². The molecule has 0 bridgehead atoms. The molecule has 2 aromatic rings. The molecule has 0 aliphatic heterocycles. The molecule has 1 aromatic heterocycles. The van der Waals surface area contributed by atoms with Gasteiger partial charge in [-0.3, -0.25) is 20.4 Å². The minimum atomic E-state index is -0.356. The van der Waals surface area contributed by atoms with Crippen LogP contribution in [0.1, 0.15) is 40.8 Å². The molecule has 4 N–H and O–H groups in total. The second-order valence-corrected chi connectivity index (χ2v) is 7.65. The van der Waals surface area contributed by atoms with Crippen molar-refractivity contribution in [1.29, 1.82) is 0 Å². The number of thiophene rings is 1. The molecule has 1 heterocycles. The van der Waals surface area contributed by atoms with Gasteiger partial charge in [0, 0.05) is 16.8 Å². The first-order chi connectivity index (χ1) is 11.7. The average molecular weight is 377 g/mol. The maximum absolute atomic E-state index is 12.2. The lowest BCUT2D eigenvalue weighted by Crippen LogP contribution is -2.52. The molecule has 0 spiro atoms. The zero-order chi connectivity index (χ0) is 18.4. The molecule has 0 atom stereocenters. The van der Waals surface area contributed by atoms with Crippen LogP contribution in [-0.4, -0.2) is 22.5 Å². The van der Waals surface area contributed by atoms with Crippen molar-refractivity contribution in [3.8, 4) is 0 Å². The van der Waals surface area contributed by atoms with Crippen molar-refractivity contribution in [3.63, 3.8) is 0 Å². The van der Waals surface area contributed by atoms with Crippen LogP contribution in [0.25, 0.3) is 0 Å². The third kappa shape index (κ3) is 6.17. The number of benzene rings is 1. The number of hydrogen-bond donors (Lipinski definition) is 4. The number of carbonyl (C=O) groups is 2. The highest BCUT2D eigenvalue weighted by atomic mass is 32.1. The van der Waals surface area contributed by atoms with Gasteiger partial charge in [0.15, 0.2) is 5.11 Å². The van der Waals surface area contributed by atoms with Crippen molar-refractivity contribution in [2.45, 2.75) is 26.3 Å². The van der Waals surface area contributed by atoms with E-state index in [1.807, 2.05) is 32.2 Å². The Bertz CT molecular complexity index is 767. The molecule has 8 heteroatoms. The van der Waals surface area contributed by atoms with Gasteiger partial charge in [0.05, 0.1) is 4.88 Å². The molecule has 0 fully saturated rings. The van der Waals surface area contributed by atoms with E-state index >= 15 is 0 Å². The van der Waals surface area contributed by atoms with Gasteiger partial charge in [0.2, 0.25) is 0 Å². The summed E-state index contributed by atoms with van der Waals surface area (Å²) in [6, 6.07) is 10.2. The van der Waals surface area contributed by atoms with Gasteiger partial charge in [-0.15, -0.1) is 11.3 Å². The fraction of sp³-hybridized carbons (Fsp3) is 0.235. The summed E-state index contributed by atoms with van der Waals surface area (Å²) in [5, 5.41) is 7.95. The van der Waals surface area contributed by atoms with E-state index in [4.69, 9.17) is 12.2 Å². The van der Waals surface area contributed by atoms with Gasteiger partial charge in [0.1, 0.15) is 0 Å². The van der Waals surface area contributed by atoms with Gasteiger partial charge in [-0.2, -0.15) is 0 Å². The molecule has 0 unspecified atom stereocenters. The summed E-state index contributed by atoms with van der Waals surface area (Å²) in [4.78, 5) is 24.9. The van der Waals surface area contributed by atoms with Crippen molar-refractivity contribution in [1.82, 2.24) is 16.2 Å². The molecule has 0 saturated heterocycles. The Kier molecular flexibility index (Phi) is 6.11. The maximum atomic E-state index is 12.2. The van der Waals surface area contributed by atoms with Crippen molar-refractivity contribution in [3.05, 3.63) is 52.2 Å². The van der Waals surface area contributed by atoms with Crippen molar-refractivity contribution in [2.24, 2.45) is 0 Å². The third-order valence-electron chi connectivity index (χ3n) is 2.91. The number of anilines is 1. The van der Waals surface area contributed by atoms with Gasteiger partial charge in [-0.1, -0.05) is 12.1 Å². The normalized spacial score (nSPS) is 10.7. The number of nitrogens with one attached hydrogen (secondary N) is 4. The number of carbonyl (C=O) groups excluding carboxylic acids is 2. The minimum Gasteiger partial charge on any atom is -0.357 e. The fourth-order valence-electron chi connectivity index (χ4n) is 1.90. The molecule has 6 nitrogen and oxygen atoms in total. The van der Waals surface area contributed by atoms with E-state index in [9.17, 15) is 9.59 Å². The van der Waals surface area contributed by atoms with Crippen LogP contribution in [-0.2, 0) is 0 Å². The van der Waals surface area contributed by atoms with E-state index in [0.29, 0.717) is 21.2 Å². The summed E-state index contributed by atoms with van der Waals surface area (Å²) in [7, 11) is 0. The summed E-state index contributed by atoms with van der Waals surface area (Å²) in [6.07, 6.45) is 0. The molecular formula is C17H20N4O2S2. The standard InChI is InChI=1S/C17H20N4O2S2/c1-17(2,3)19-16(24)21-20-14(22)11-6-4-7-12(10-11)18-15(23)13-8-5-9-25-13/h4-10H,1-3H3,(H,18,23)(H,20,22)(H2,19,21,24). The van der Waals surface area contributed by atoms with E-state index in [2.05, 4.69) is 21.5 Å². The Morgan fingerprint density at radius 3 is 2.44 bits per heavy atom. The summed E-state index contributed by atoms with van der Waals surface area (Å²) >= 11 is 6.46. The van der Waals surface area contributed by atoms with Crippen LogP contribution in [0.2, 0.25) is 0 Å². The van der Waals surface area contributed by atoms with E-state index < -0.39 is 0 Å². The van der Waals surface area contributed by atoms with Crippen LogP contribution in [0.3, 0.4) is 0 Å². The molecule has 25 heavy (non-hydrogen) atoms. The lowest BCUT2D eigenvalue weighted by molar-refractivity contribution is 0.0942. The summed E-state index contributed by atoms with van der Waals surface area (Å²) < 4.78 is 0. The number of hydrazine groups is 1. The SMILES string of the molecule is CC(C)(C)NC(=S)NNC(=O)c1cccc(NC(=O)c2cccs2)c1. The maximum Gasteiger partial charge on any atom is 0.269 e. The fourth-order valence-corrected chi connectivity index (χ4v) is 2.87. The van der Waals surface area contributed by atoms with Crippen LogP contribution >= 0.6 is 23.6 Å². The van der Waals surface area contributed by atoms with Crippen molar-refractivity contribution in [2.75, 3.05) is 5.32 Å². The van der Waals surface area contributed by atoms with E-state index in [1.54, 1.807) is 30.3 Å². The lowest BCUT2D eigenvalue weighted by atomic mass is 10.1. The lowest BCUT2D eigenvalue weighted by Gasteiger charge is -2.23. The van der Waals surface area contributed by atoms with Crippen molar-refractivity contribution < 1.29 is 9.59 Å². The smallest absolute Gasteiger partial charge is 0.269 e. The molecule has 0 aliphatic rings. The molecule has 2 amide bonds. The molecule has 2 rings (SSSR count). The number of amides is 2. The Morgan fingerprint density at radius 1 is 1.04 bits per heavy atom. The molecule has 0 radical (unpaired) electrons. The van der Waals surface area contributed by atoms with Crippen LogP contribution in [0.4, 0.5) is 5.69 Å². The Hall–Kier alpha value is -2.45. The second kappa shape index (κ2) is 8.09. The van der Waals surface area contributed by atoms with E-state index in [1.165, 1.54) is 11.3 Å². The minimum absolute atomic E-state index is 0.207. The molecule has 0 aliphatic carbocycles. The Balaban J connectivity index is 1.95. The predicted octanol–water partition coefficient (Wildman–Crippen LogP) is 2.91. The predicted molar refractivity (Wildman–Crippen MR) is 105 cm³/mol. The zero-order valence-electron chi connectivity index (χ0n) is 14.2. The van der Waals surface area contributed by atoms with Crippen LogP contribution < -0.4 is 21.5 Å². The summed E-state index contributed by atoms with van der Waals surface area (Å²) in [5.74, 6) is -0.563. The Morgan fingerprint density at radius 2 is 1.80 bits per heavy atom. The molecular weight excluding hydrogens is 356 g/mol. The molecule has 0 saturated carbocycles. The molecule has 1 aromatic carbocycles. The summed E-state index contributed by atoms with van der Waals surface area (Å²) in [5.41, 5.74) is 5.91. The number of rotatable bonds is 3. The average Bonchev–Trinajstić information content (AvgIpc) is 3.06. The van der Waals surface area contributed by atoms with Gasteiger partial charge in [-0.25, -0.2) is 0 Å². The number of thiocarbonyl (C=S) groups is 1. The zero-order valence-corrected chi connectivity index (χ0v) is 15.8. The molecule has 132 valence electrons. The van der Waals surface area contributed by atoms with Gasteiger partial charge in [0.25, 0.3) is 11.8 Å². The second-order valence-electron chi connectivity index (χ2n) is 6.30. The monoisotopic (exact) mass is 376 g/mol. The third-order valence-corrected chi connectivity index (χ3v) is 3.98. The largest absolute Gasteiger partial charge is 0.357 e. The number of hydrogen-bond acceptors (Lipinski definition) is 4. The van der Waals surface area contributed by atoms with Gasteiger partial charge >= 0.3 is 0 Å². The first-order valence-electron chi connectivity index (χ1n) is 7.58. The van der Waals surface area contributed by atoms with Gasteiger partial charge in [-0.05, 0) is 62.6 Å². The van der Waals surface area contributed by atoms with Crippen molar-refractivity contribution >= 4 is 46.2 Å². The highest BCUT2D eigenvalue weighted by Crippen LogP contribution is 2.14.